The maximum absolute atomic E-state index is 4.63. The molecule has 1 aliphatic rings. The molecule has 2 heterocycles. The van der Waals surface area contributed by atoms with Crippen LogP contribution in [0.15, 0.2) is 34.9 Å². The van der Waals surface area contributed by atoms with Gasteiger partial charge >= 0.3 is 0 Å². The van der Waals surface area contributed by atoms with Crippen LogP contribution < -0.4 is 10.2 Å². The number of aromatic nitrogens is 1. The molecule has 0 aliphatic carbocycles. The standard InChI is InChI=1S/C16H20BrN3/c1-11-8-14(18-2)6-7-20(11)15-5-3-4-12-9-13(17)10-19-16(12)15/h3-5,9-11,14,18H,6-8H2,1-2H3. The summed E-state index contributed by atoms with van der Waals surface area (Å²) in [4.78, 5) is 7.12. The van der Waals surface area contributed by atoms with Gasteiger partial charge in [0.15, 0.2) is 0 Å². The number of anilines is 1. The fourth-order valence-electron chi connectivity index (χ4n) is 3.14. The average Bonchev–Trinajstić information content (AvgIpc) is 2.46. The van der Waals surface area contributed by atoms with Crippen molar-refractivity contribution in [2.75, 3.05) is 18.5 Å². The van der Waals surface area contributed by atoms with Gasteiger partial charge < -0.3 is 10.2 Å². The van der Waals surface area contributed by atoms with Crippen LogP contribution in [0.25, 0.3) is 10.9 Å². The lowest BCUT2D eigenvalue weighted by atomic mass is 9.97. The zero-order chi connectivity index (χ0) is 14.1. The number of nitrogens with zero attached hydrogens (tertiary/aromatic N) is 2. The molecule has 3 rings (SSSR count). The van der Waals surface area contributed by atoms with Crippen molar-refractivity contribution in [1.29, 1.82) is 0 Å². The van der Waals surface area contributed by atoms with Gasteiger partial charge in [-0.15, -0.1) is 0 Å². The van der Waals surface area contributed by atoms with E-state index in [0.717, 1.165) is 16.5 Å². The predicted octanol–water partition coefficient (Wildman–Crippen LogP) is 3.57. The van der Waals surface area contributed by atoms with Gasteiger partial charge in [0.25, 0.3) is 0 Å². The number of para-hydroxylation sites is 1. The molecule has 1 fully saturated rings. The Hall–Kier alpha value is -1.13. The van der Waals surface area contributed by atoms with Crippen LogP contribution in [0.5, 0.6) is 0 Å². The van der Waals surface area contributed by atoms with E-state index in [1.54, 1.807) is 0 Å². The van der Waals surface area contributed by atoms with E-state index in [2.05, 4.69) is 69.4 Å². The highest BCUT2D eigenvalue weighted by Crippen LogP contribution is 2.31. The number of pyridine rings is 1. The van der Waals surface area contributed by atoms with Gasteiger partial charge in [-0.25, -0.2) is 0 Å². The molecule has 3 nitrogen and oxygen atoms in total. The van der Waals surface area contributed by atoms with Crippen LogP contribution in [0.4, 0.5) is 5.69 Å². The lowest BCUT2D eigenvalue weighted by Gasteiger charge is -2.39. The number of rotatable bonds is 2. The largest absolute Gasteiger partial charge is 0.367 e. The van der Waals surface area contributed by atoms with E-state index in [0.29, 0.717) is 12.1 Å². The molecular formula is C16H20BrN3. The summed E-state index contributed by atoms with van der Waals surface area (Å²) in [6.07, 6.45) is 4.26. The molecule has 20 heavy (non-hydrogen) atoms. The number of halogens is 1. The molecule has 1 aromatic heterocycles. The molecule has 2 unspecified atom stereocenters. The maximum atomic E-state index is 4.63. The van der Waals surface area contributed by atoms with E-state index in [9.17, 15) is 0 Å². The molecule has 106 valence electrons. The number of piperidine rings is 1. The fraction of sp³-hybridized carbons (Fsp3) is 0.438. The predicted molar refractivity (Wildman–Crippen MR) is 88.3 cm³/mol. The summed E-state index contributed by atoms with van der Waals surface area (Å²) in [6.45, 7) is 3.39. The molecular weight excluding hydrogens is 314 g/mol. The molecule has 2 aromatic rings. The van der Waals surface area contributed by atoms with Crippen LogP contribution in [0.2, 0.25) is 0 Å². The Labute approximate surface area is 128 Å². The van der Waals surface area contributed by atoms with E-state index in [-0.39, 0.29) is 0 Å². The Morgan fingerprint density at radius 3 is 3.00 bits per heavy atom. The maximum Gasteiger partial charge on any atom is 0.0936 e. The van der Waals surface area contributed by atoms with E-state index in [4.69, 9.17) is 0 Å². The Bertz CT molecular complexity index is 614. The second-order valence-corrected chi connectivity index (χ2v) is 6.47. The van der Waals surface area contributed by atoms with Crippen LogP contribution in [-0.4, -0.2) is 30.7 Å². The molecule has 0 spiro atoms. The first kappa shape index (κ1) is 13.8. The minimum Gasteiger partial charge on any atom is -0.367 e. The van der Waals surface area contributed by atoms with Crippen molar-refractivity contribution in [3.63, 3.8) is 0 Å². The second-order valence-electron chi connectivity index (χ2n) is 5.55. The van der Waals surface area contributed by atoms with Crippen molar-refractivity contribution >= 4 is 32.5 Å². The summed E-state index contributed by atoms with van der Waals surface area (Å²) < 4.78 is 1.03. The van der Waals surface area contributed by atoms with Gasteiger partial charge in [0.1, 0.15) is 0 Å². The minimum atomic E-state index is 0.539. The fourth-order valence-corrected chi connectivity index (χ4v) is 3.49. The summed E-state index contributed by atoms with van der Waals surface area (Å²) in [6, 6.07) is 9.76. The van der Waals surface area contributed by atoms with Crippen LogP contribution >= 0.6 is 15.9 Å². The zero-order valence-electron chi connectivity index (χ0n) is 11.9. The third kappa shape index (κ3) is 2.54. The molecule has 1 N–H and O–H groups in total. The van der Waals surface area contributed by atoms with Crippen molar-refractivity contribution in [3.8, 4) is 0 Å². The van der Waals surface area contributed by atoms with E-state index in [1.165, 1.54) is 23.9 Å². The minimum absolute atomic E-state index is 0.539. The van der Waals surface area contributed by atoms with Gasteiger partial charge in [0.05, 0.1) is 11.2 Å². The SMILES string of the molecule is CNC1CCN(c2cccc3cc(Br)cnc23)C(C)C1. The third-order valence-electron chi connectivity index (χ3n) is 4.25. The normalized spacial score (nSPS) is 23.2. The summed E-state index contributed by atoms with van der Waals surface area (Å²) in [5, 5.41) is 4.60. The molecule has 0 bridgehead atoms. The molecule has 1 aromatic carbocycles. The number of fused-ring (bicyclic) bond motifs is 1. The van der Waals surface area contributed by atoms with Gasteiger partial charge in [-0.1, -0.05) is 12.1 Å². The van der Waals surface area contributed by atoms with Gasteiger partial charge in [-0.2, -0.15) is 0 Å². The average molecular weight is 334 g/mol. The van der Waals surface area contributed by atoms with E-state index in [1.807, 2.05) is 6.20 Å². The monoisotopic (exact) mass is 333 g/mol. The summed E-state index contributed by atoms with van der Waals surface area (Å²) >= 11 is 3.50. The first-order valence-electron chi connectivity index (χ1n) is 7.17. The Kier molecular flexibility index (Phi) is 3.94. The molecule has 1 aliphatic heterocycles. The van der Waals surface area contributed by atoms with Gasteiger partial charge in [-0.3, -0.25) is 4.98 Å². The zero-order valence-corrected chi connectivity index (χ0v) is 13.5. The van der Waals surface area contributed by atoms with Crippen LogP contribution in [0, 0.1) is 0 Å². The van der Waals surface area contributed by atoms with Gasteiger partial charge in [0.2, 0.25) is 0 Å². The number of hydrogen-bond donors (Lipinski definition) is 1. The molecule has 4 heteroatoms. The highest BCUT2D eigenvalue weighted by Gasteiger charge is 2.25. The molecule has 0 saturated carbocycles. The molecule has 0 radical (unpaired) electrons. The molecule has 2 atom stereocenters. The number of hydrogen-bond acceptors (Lipinski definition) is 3. The van der Waals surface area contributed by atoms with Crippen LogP contribution in [0.1, 0.15) is 19.8 Å². The highest BCUT2D eigenvalue weighted by atomic mass is 79.9. The summed E-state index contributed by atoms with van der Waals surface area (Å²) in [5.74, 6) is 0. The molecule has 0 amide bonds. The van der Waals surface area contributed by atoms with Crippen LogP contribution in [-0.2, 0) is 0 Å². The lowest BCUT2D eigenvalue weighted by Crippen LogP contribution is -2.46. The van der Waals surface area contributed by atoms with Crippen molar-refractivity contribution < 1.29 is 0 Å². The summed E-state index contributed by atoms with van der Waals surface area (Å²) in [7, 11) is 2.06. The van der Waals surface area contributed by atoms with E-state index < -0.39 is 0 Å². The number of benzene rings is 1. The van der Waals surface area contributed by atoms with Crippen molar-refractivity contribution in [1.82, 2.24) is 10.3 Å². The first-order chi connectivity index (χ1) is 9.69. The van der Waals surface area contributed by atoms with Crippen molar-refractivity contribution in [2.24, 2.45) is 0 Å². The number of nitrogens with one attached hydrogen (secondary N) is 1. The van der Waals surface area contributed by atoms with Crippen molar-refractivity contribution in [3.05, 3.63) is 34.9 Å². The van der Waals surface area contributed by atoms with Gasteiger partial charge in [0, 0.05) is 34.7 Å². The topological polar surface area (TPSA) is 28.2 Å². The smallest absolute Gasteiger partial charge is 0.0936 e. The van der Waals surface area contributed by atoms with Crippen molar-refractivity contribution in [2.45, 2.75) is 31.8 Å². The van der Waals surface area contributed by atoms with Crippen LogP contribution in [0.3, 0.4) is 0 Å². The van der Waals surface area contributed by atoms with Gasteiger partial charge in [-0.05, 0) is 54.9 Å². The Morgan fingerprint density at radius 2 is 2.25 bits per heavy atom. The third-order valence-corrected chi connectivity index (χ3v) is 4.68. The van der Waals surface area contributed by atoms with E-state index >= 15 is 0 Å². The summed E-state index contributed by atoms with van der Waals surface area (Å²) in [5.41, 5.74) is 2.36. The Morgan fingerprint density at radius 1 is 1.40 bits per heavy atom. The highest BCUT2D eigenvalue weighted by molar-refractivity contribution is 9.10. The first-order valence-corrected chi connectivity index (χ1v) is 7.96. The lowest BCUT2D eigenvalue weighted by molar-refractivity contribution is 0.387. The quantitative estimate of drug-likeness (QED) is 0.910. The molecule has 1 saturated heterocycles. The Balaban J connectivity index is 1.98. The second kappa shape index (κ2) is 5.70.